The molecule has 2 aromatic rings. The zero-order valence-electron chi connectivity index (χ0n) is 9.83. The van der Waals surface area contributed by atoms with Crippen LogP contribution in [0.2, 0.25) is 0 Å². The highest BCUT2D eigenvalue weighted by Crippen LogP contribution is 2.22. The van der Waals surface area contributed by atoms with Crippen molar-refractivity contribution < 1.29 is 8.81 Å². The molecule has 0 amide bonds. The minimum absolute atomic E-state index is 0.230. The van der Waals surface area contributed by atoms with Crippen LogP contribution in [0.15, 0.2) is 22.6 Å². The topological polar surface area (TPSA) is 51.0 Å². The summed E-state index contributed by atoms with van der Waals surface area (Å²) in [5.41, 5.74) is 1.21. The maximum atomic E-state index is 13.7. The molecule has 0 atom stereocenters. The molecule has 1 aromatic carbocycles. The van der Waals surface area contributed by atoms with Gasteiger partial charge in [0.05, 0.1) is 5.56 Å². The number of nitrogens with one attached hydrogen (secondary N) is 1. The van der Waals surface area contributed by atoms with E-state index in [2.05, 4.69) is 15.5 Å². The van der Waals surface area contributed by atoms with Gasteiger partial charge in [0.15, 0.2) is 0 Å². The third kappa shape index (κ3) is 2.68. The number of benzene rings is 1. The predicted molar refractivity (Wildman–Crippen MR) is 62.1 cm³/mol. The molecule has 0 aliphatic carbocycles. The Kier molecular flexibility index (Phi) is 3.49. The Labute approximate surface area is 98.9 Å². The Hall–Kier alpha value is -1.75. The average Bonchev–Trinajstić information content (AvgIpc) is 2.75. The van der Waals surface area contributed by atoms with E-state index < -0.39 is 0 Å². The van der Waals surface area contributed by atoms with Gasteiger partial charge in [-0.2, -0.15) is 0 Å². The summed E-state index contributed by atoms with van der Waals surface area (Å²) in [5.74, 6) is 0.400. The summed E-state index contributed by atoms with van der Waals surface area (Å²) in [6.45, 7) is 2.58. The van der Waals surface area contributed by atoms with Gasteiger partial charge in [-0.3, -0.25) is 0 Å². The van der Waals surface area contributed by atoms with Crippen molar-refractivity contribution in [3.05, 3.63) is 35.5 Å². The minimum Gasteiger partial charge on any atom is -0.421 e. The van der Waals surface area contributed by atoms with Crippen molar-refractivity contribution in [1.29, 1.82) is 0 Å². The van der Waals surface area contributed by atoms with Crippen LogP contribution in [0.5, 0.6) is 0 Å². The largest absolute Gasteiger partial charge is 0.421 e. The van der Waals surface area contributed by atoms with Gasteiger partial charge in [0.2, 0.25) is 5.89 Å². The lowest BCUT2D eigenvalue weighted by atomic mass is 10.1. The zero-order valence-corrected chi connectivity index (χ0v) is 9.83. The predicted octanol–water partition coefficient (Wildman–Crippen LogP) is 1.95. The molecule has 1 heterocycles. The van der Waals surface area contributed by atoms with E-state index in [1.54, 1.807) is 6.07 Å². The zero-order chi connectivity index (χ0) is 12.3. The van der Waals surface area contributed by atoms with Crippen LogP contribution in [0.1, 0.15) is 11.5 Å². The summed E-state index contributed by atoms with van der Waals surface area (Å²) in [6, 6.07) is 4.92. The molecule has 1 N–H and O–H groups in total. The van der Waals surface area contributed by atoms with E-state index >= 15 is 0 Å². The van der Waals surface area contributed by atoms with Gasteiger partial charge < -0.3 is 9.73 Å². The van der Waals surface area contributed by atoms with Crippen molar-refractivity contribution in [2.24, 2.45) is 0 Å². The van der Waals surface area contributed by atoms with E-state index in [1.807, 2.05) is 20.0 Å². The van der Waals surface area contributed by atoms with Crippen LogP contribution in [-0.4, -0.2) is 23.8 Å². The molecule has 2 rings (SSSR count). The molecule has 0 aliphatic rings. The van der Waals surface area contributed by atoms with Crippen molar-refractivity contribution in [2.45, 2.75) is 13.3 Å². The molecule has 0 fully saturated rings. The Bertz CT molecular complexity index is 510. The van der Waals surface area contributed by atoms with Crippen LogP contribution in [-0.2, 0) is 6.42 Å². The first kappa shape index (κ1) is 11.7. The van der Waals surface area contributed by atoms with Crippen LogP contribution in [0.4, 0.5) is 4.39 Å². The molecule has 4 nitrogen and oxygen atoms in total. The van der Waals surface area contributed by atoms with E-state index in [0.717, 1.165) is 12.1 Å². The molecule has 5 heteroatoms. The van der Waals surface area contributed by atoms with E-state index in [0.29, 0.717) is 17.9 Å². The Morgan fingerprint density at radius 1 is 1.35 bits per heavy atom. The molecule has 1 aromatic heterocycles. The van der Waals surface area contributed by atoms with Crippen LogP contribution >= 0.6 is 0 Å². The fourth-order valence-corrected chi connectivity index (χ4v) is 1.49. The number of aryl methyl sites for hydroxylation is 1. The molecule has 0 unspecified atom stereocenters. The highest BCUT2D eigenvalue weighted by Gasteiger charge is 2.12. The van der Waals surface area contributed by atoms with E-state index in [4.69, 9.17) is 4.42 Å². The molecule has 17 heavy (non-hydrogen) atoms. The SMILES string of the molecule is CNCCc1nnc(-c2ccc(C)cc2F)o1. The van der Waals surface area contributed by atoms with Crippen molar-refractivity contribution in [3.63, 3.8) is 0 Å². The van der Waals surface area contributed by atoms with Gasteiger partial charge in [0.1, 0.15) is 5.82 Å². The summed E-state index contributed by atoms with van der Waals surface area (Å²) in [7, 11) is 1.84. The van der Waals surface area contributed by atoms with Crippen LogP contribution in [0, 0.1) is 12.7 Å². The second kappa shape index (κ2) is 5.05. The normalized spacial score (nSPS) is 10.8. The molecule has 0 bridgehead atoms. The molecule has 0 saturated heterocycles. The van der Waals surface area contributed by atoms with Crippen molar-refractivity contribution in [3.8, 4) is 11.5 Å². The smallest absolute Gasteiger partial charge is 0.250 e. The number of hydrogen-bond acceptors (Lipinski definition) is 4. The maximum Gasteiger partial charge on any atom is 0.250 e. The van der Waals surface area contributed by atoms with Crippen molar-refractivity contribution >= 4 is 0 Å². The fraction of sp³-hybridized carbons (Fsp3) is 0.333. The minimum atomic E-state index is -0.339. The average molecular weight is 235 g/mol. The first-order valence-corrected chi connectivity index (χ1v) is 5.44. The van der Waals surface area contributed by atoms with Crippen molar-refractivity contribution in [2.75, 3.05) is 13.6 Å². The Morgan fingerprint density at radius 2 is 2.18 bits per heavy atom. The van der Waals surface area contributed by atoms with Gasteiger partial charge >= 0.3 is 0 Å². The van der Waals surface area contributed by atoms with Gasteiger partial charge in [-0.05, 0) is 31.7 Å². The summed E-state index contributed by atoms with van der Waals surface area (Å²) >= 11 is 0. The summed E-state index contributed by atoms with van der Waals surface area (Å²) in [6.07, 6.45) is 0.636. The highest BCUT2D eigenvalue weighted by molar-refractivity contribution is 5.54. The van der Waals surface area contributed by atoms with Gasteiger partial charge in [-0.1, -0.05) is 6.07 Å². The molecular formula is C12H14FN3O. The number of aromatic nitrogens is 2. The summed E-state index contributed by atoms with van der Waals surface area (Å²) < 4.78 is 19.0. The van der Waals surface area contributed by atoms with E-state index in [1.165, 1.54) is 6.07 Å². The lowest BCUT2D eigenvalue weighted by Crippen LogP contribution is -2.10. The number of nitrogens with zero attached hydrogens (tertiary/aromatic N) is 2. The standard InChI is InChI=1S/C12H14FN3O/c1-8-3-4-9(10(13)7-8)12-16-15-11(17-12)5-6-14-2/h3-4,7,14H,5-6H2,1-2H3. The Morgan fingerprint density at radius 3 is 2.88 bits per heavy atom. The molecular weight excluding hydrogens is 221 g/mol. The first-order chi connectivity index (χ1) is 8.20. The lowest BCUT2D eigenvalue weighted by Gasteiger charge is -1.98. The van der Waals surface area contributed by atoms with Gasteiger partial charge in [-0.25, -0.2) is 4.39 Å². The summed E-state index contributed by atoms with van der Waals surface area (Å²) in [5, 5.41) is 10.7. The van der Waals surface area contributed by atoms with Gasteiger partial charge in [-0.15, -0.1) is 10.2 Å². The summed E-state index contributed by atoms with van der Waals surface area (Å²) in [4.78, 5) is 0. The number of rotatable bonds is 4. The van der Waals surface area contributed by atoms with Crippen molar-refractivity contribution in [1.82, 2.24) is 15.5 Å². The van der Waals surface area contributed by atoms with Crippen LogP contribution in [0.25, 0.3) is 11.5 Å². The number of likely N-dealkylation sites (N-methyl/N-ethyl adjacent to an activating group) is 1. The van der Waals surface area contributed by atoms with Gasteiger partial charge in [0, 0.05) is 13.0 Å². The molecule has 0 spiro atoms. The van der Waals surface area contributed by atoms with Crippen LogP contribution < -0.4 is 5.32 Å². The molecule has 0 aliphatic heterocycles. The molecule has 0 radical (unpaired) electrons. The maximum absolute atomic E-state index is 13.7. The lowest BCUT2D eigenvalue weighted by molar-refractivity contribution is 0.496. The third-order valence-corrected chi connectivity index (χ3v) is 2.41. The van der Waals surface area contributed by atoms with Gasteiger partial charge in [0.25, 0.3) is 5.89 Å². The molecule has 0 saturated carbocycles. The fourth-order valence-electron chi connectivity index (χ4n) is 1.49. The Balaban J connectivity index is 2.24. The monoisotopic (exact) mass is 235 g/mol. The quantitative estimate of drug-likeness (QED) is 0.880. The van der Waals surface area contributed by atoms with E-state index in [9.17, 15) is 4.39 Å². The van der Waals surface area contributed by atoms with Crippen LogP contribution in [0.3, 0.4) is 0 Å². The first-order valence-electron chi connectivity index (χ1n) is 5.44. The number of hydrogen-bond donors (Lipinski definition) is 1. The number of halogens is 1. The molecule has 90 valence electrons. The second-order valence-corrected chi connectivity index (χ2v) is 3.84. The third-order valence-electron chi connectivity index (χ3n) is 2.41. The highest BCUT2D eigenvalue weighted by atomic mass is 19.1. The van der Waals surface area contributed by atoms with E-state index in [-0.39, 0.29) is 11.7 Å². The second-order valence-electron chi connectivity index (χ2n) is 3.84.